The number of carbonyl (C=O) groups excluding carboxylic acids is 2. The van der Waals surface area contributed by atoms with Crippen LogP contribution in [0.2, 0.25) is 0 Å². The van der Waals surface area contributed by atoms with Gasteiger partial charge in [-0.15, -0.1) is 0 Å². The molecule has 0 aromatic heterocycles. The number of anilines is 1. The standard InChI is InChI=1S/C25H26FN5O2/c1-14-6-11-20(15(2)12-14)30-16(3)17(4)31-21-22(27-24(30)31)28(5)25(33)29(23(21)32)13-18-7-9-19(26)10-8-18/h6-12,21-22H,13H2,1-5H3. The first kappa shape index (κ1) is 21.2. The molecule has 2 unspecified atom stereocenters. The van der Waals surface area contributed by atoms with Gasteiger partial charge in [0, 0.05) is 18.4 Å². The quantitative estimate of drug-likeness (QED) is 0.714. The zero-order valence-corrected chi connectivity index (χ0v) is 19.3. The summed E-state index contributed by atoms with van der Waals surface area (Å²) in [6.07, 6.45) is -0.610. The van der Waals surface area contributed by atoms with Gasteiger partial charge in [-0.1, -0.05) is 29.8 Å². The van der Waals surface area contributed by atoms with Crippen molar-refractivity contribution in [2.45, 2.75) is 46.4 Å². The number of hydrogen-bond donors (Lipinski definition) is 0. The van der Waals surface area contributed by atoms with E-state index in [-0.39, 0.29) is 18.3 Å². The Kier molecular flexibility index (Phi) is 4.77. The topological polar surface area (TPSA) is 59.5 Å². The molecule has 2 atom stereocenters. The van der Waals surface area contributed by atoms with E-state index in [1.807, 2.05) is 18.7 Å². The summed E-state index contributed by atoms with van der Waals surface area (Å²) in [5, 5.41) is 0. The summed E-state index contributed by atoms with van der Waals surface area (Å²) < 4.78 is 13.3. The zero-order chi connectivity index (χ0) is 23.6. The fourth-order valence-electron chi connectivity index (χ4n) is 4.88. The van der Waals surface area contributed by atoms with Crippen LogP contribution in [-0.4, -0.2) is 51.9 Å². The Morgan fingerprint density at radius 1 is 0.970 bits per heavy atom. The number of likely N-dealkylation sites (N-methyl/N-ethyl adjacent to an activating group) is 1. The van der Waals surface area contributed by atoms with Crippen LogP contribution < -0.4 is 4.90 Å². The van der Waals surface area contributed by atoms with Crippen molar-refractivity contribution >= 4 is 23.6 Å². The van der Waals surface area contributed by atoms with Gasteiger partial charge >= 0.3 is 6.03 Å². The van der Waals surface area contributed by atoms with E-state index >= 15 is 0 Å². The van der Waals surface area contributed by atoms with E-state index in [0.29, 0.717) is 11.5 Å². The molecule has 2 aromatic carbocycles. The van der Waals surface area contributed by atoms with Gasteiger partial charge in [-0.25, -0.2) is 14.2 Å². The Balaban J connectivity index is 1.52. The maximum absolute atomic E-state index is 13.6. The molecule has 170 valence electrons. The average molecular weight is 448 g/mol. The van der Waals surface area contributed by atoms with Gasteiger partial charge in [0.15, 0.2) is 12.2 Å². The number of aliphatic imine (C=N–C) groups is 1. The predicted octanol–water partition coefficient (Wildman–Crippen LogP) is 3.97. The molecule has 0 N–H and O–H groups in total. The van der Waals surface area contributed by atoms with Gasteiger partial charge in [-0.2, -0.15) is 0 Å². The van der Waals surface area contributed by atoms with Crippen LogP contribution in [0.15, 0.2) is 58.9 Å². The summed E-state index contributed by atoms with van der Waals surface area (Å²) in [7, 11) is 1.67. The molecule has 3 heterocycles. The minimum Gasteiger partial charge on any atom is -0.302 e. The molecule has 1 saturated heterocycles. The van der Waals surface area contributed by atoms with Crippen LogP contribution in [0.4, 0.5) is 14.9 Å². The molecule has 2 aromatic rings. The summed E-state index contributed by atoms with van der Waals surface area (Å²) >= 11 is 0. The number of urea groups is 1. The van der Waals surface area contributed by atoms with Crippen molar-refractivity contribution in [1.82, 2.24) is 14.7 Å². The van der Waals surface area contributed by atoms with Gasteiger partial charge in [0.2, 0.25) is 5.96 Å². The highest BCUT2D eigenvalue weighted by atomic mass is 19.1. The second kappa shape index (κ2) is 7.43. The predicted molar refractivity (Wildman–Crippen MR) is 124 cm³/mol. The number of carbonyl (C=O) groups is 2. The molecule has 0 saturated carbocycles. The summed E-state index contributed by atoms with van der Waals surface area (Å²) in [5.41, 5.74) is 5.89. The highest BCUT2D eigenvalue weighted by Gasteiger charge is 2.56. The smallest absolute Gasteiger partial charge is 0.302 e. The highest BCUT2D eigenvalue weighted by Crippen LogP contribution is 2.41. The molecule has 0 bridgehead atoms. The molecular formula is C25H26FN5O2. The van der Waals surface area contributed by atoms with E-state index in [1.54, 1.807) is 19.2 Å². The van der Waals surface area contributed by atoms with Crippen molar-refractivity contribution in [3.63, 3.8) is 0 Å². The number of aryl methyl sites for hydroxylation is 2. The molecule has 0 spiro atoms. The zero-order valence-electron chi connectivity index (χ0n) is 19.3. The number of fused-ring (bicyclic) bond motifs is 3. The largest absolute Gasteiger partial charge is 0.328 e. The number of nitrogens with zero attached hydrogens (tertiary/aromatic N) is 5. The first-order valence-electron chi connectivity index (χ1n) is 10.9. The van der Waals surface area contributed by atoms with Crippen molar-refractivity contribution in [2.75, 3.05) is 11.9 Å². The highest BCUT2D eigenvalue weighted by molar-refractivity contribution is 6.10. The summed E-state index contributed by atoms with van der Waals surface area (Å²) in [5.74, 6) is -0.00903. The molecule has 0 radical (unpaired) electrons. The van der Waals surface area contributed by atoms with Crippen LogP contribution >= 0.6 is 0 Å². The summed E-state index contributed by atoms with van der Waals surface area (Å²) in [4.78, 5) is 38.4. The van der Waals surface area contributed by atoms with Crippen LogP contribution in [0.3, 0.4) is 0 Å². The molecule has 3 amide bonds. The van der Waals surface area contributed by atoms with E-state index in [4.69, 9.17) is 4.99 Å². The SMILES string of the molecule is CC1=C(C)N2C(=NC3C2C(=O)N(Cc2ccc(F)cc2)C(=O)N3C)N1c1ccc(C)cc1C. The Morgan fingerprint density at radius 3 is 2.33 bits per heavy atom. The molecule has 1 fully saturated rings. The van der Waals surface area contributed by atoms with E-state index in [9.17, 15) is 14.0 Å². The Morgan fingerprint density at radius 2 is 1.67 bits per heavy atom. The molecule has 7 nitrogen and oxygen atoms in total. The normalized spacial score (nSPS) is 22.3. The van der Waals surface area contributed by atoms with Crippen molar-refractivity contribution < 1.29 is 14.0 Å². The molecular weight excluding hydrogens is 421 g/mol. The van der Waals surface area contributed by atoms with Gasteiger partial charge in [0.1, 0.15) is 5.82 Å². The van der Waals surface area contributed by atoms with Crippen molar-refractivity contribution in [3.05, 3.63) is 76.4 Å². The third-order valence-corrected chi connectivity index (χ3v) is 6.74. The number of benzene rings is 2. The maximum atomic E-state index is 13.6. The average Bonchev–Trinajstić information content (AvgIpc) is 3.27. The van der Waals surface area contributed by atoms with Crippen molar-refractivity contribution in [1.29, 1.82) is 0 Å². The molecule has 8 heteroatoms. The number of allylic oxidation sites excluding steroid dienone is 2. The lowest BCUT2D eigenvalue weighted by molar-refractivity contribution is -0.137. The maximum Gasteiger partial charge on any atom is 0.328 e. The summed E-state index contributed by atoms with van der Waals surface area (Å²) in [6, 6.07) is 11.0. The number of hydrogen-bond acceptors (Lipinski definition) is 5. The first-order valence-corrected chi connectivity index (χ1v) is 10.9. The van der Waals surface area contributed by atoms with E-state index in [1.165, 1.54) is 27.5 Å². The molecule has 33 heavy (non-hydrogen) atoms. The van der Waals surface area contributed by atoms with Crippen LogP contribution in [0.25, 0.3) is 0 Å². The number of imide groups is 1. The Labute approximate surface area is 192 Å². The third kappa shape index (κ3) is 3.12. The van der Waals surface area contributed by atoms with Crippen molar-refractivity contribution in [2.24, 2.45) is 4.99 Å². The van der Waals surface area contributed by atoms with Gasteiger partial charge in [-0.3, -0.25) is 19.5 Å². The van der Waals surface area contributed by atoms with Crippen molar-refractivity contribution in [3.8, 4) is 0 Å². The first-order chi connectivity index (χ1) is 15.7. The fourth-order valence-corrected chi connectivity index (χ4v) is 4.88. The van der Waals surface area contributed by atoms with Crippen LogP contribution in [0.5, 0.6) is 0 Å². The number of halogens is 1. The van der Waals surface area contributed by atoms with Crippen LogP contribution in [0, 0.1) is 19.7 Å². The van der Waals surface area contributed by atoms with Crippen LogP contribution in [-0.2, 0) is 11.3 Å². The lowest BCUT2D eigenvalue weighted by atomic mass is 10.1. The fraction of sp³-hybridized carbons (Fsp3) is 0.320. The second-order valence-corrected chi connectivity index (χ2v) is 8.90. The Bertz CT molecular complexity index is 1240. The van der Waals surface area contributed by atoms with Gasteiger partial charge < -0.3 is 4.90 Å². The van der Waals surface area contributed by atoms with E-state index < -0.39 is 18.2 Å². The number of amides is 3. The monoisotopic (exact) mass is 447 g/mol. The van der Waals surface area contributed by atoms with Gasteiger partial charge in [-0.05, 0) is 57.0 Å². The molecule has 5 rings (SSSR count). The number of guanidine groups is 1. The number of rotatable bonds is 3. The van der Waals surface area contributed by atoms with E-state index in [0.717, 1.165) is 22.6 Å². The minimum absolute atomic E-state index is 0.0806. The second-order valence-electron chi connectivity index (χ2n) is 8.90. The molecule has 3 aliphatic heterocycles. The molecule has 0 aliphatic carbocycles. The lowest BCUT2D eigenvalue weighted by Crippen LogP contribution is -2.64. The third-order valence-electron chi connectivity index (χ3n) is 6.74. The lowest BCUT2D eigenvalue weighted by Gasteiger charge is -2.40. The van der Waals surface area contributed by atoms with Gasteiger partial charge in [0.05, 0.1) is 12.2 Å². The van der Waals surface area contributed by atoms with E-state index in [2.05, 4.69) is 36.9 Å². The summed E-state index contributed by atoms with van der Waals surface area (Å²) in [6.45, 7) is 8.18. The minimum atomic E-state index is -0.645. The molecule has 3 aliphatic rings. The van der Waals surface area contributed by atoms with Crippen LogP contribution in [0.1, 0.15) is 30.5 Å². The van der Waals surface area contributed by atoms with Gasteiger partial charge in [0.25, 0.3) is 5.91 Å². The Hall–Kier alpha value is -3.68.